The van der Waals surface area contributed by atoms with E-state index < -0.39 is 0 Å². The van der Waals surface area contributed by atoms with Crippen LogP contribution < -0.4 is 20.7 Å². The molecule has 1 unspecified atom stereocenters. The Kier molecular flexibility index (Phi) is 7.68. The smallest absolute Gasteiger partial charge is 0.243 e. The molecule has 7 nitrogen and oxygen atoms in total. The fourth-order valence-electron chi connectivity index (χ4n) is 3.21. The molecule has 3 N–H and O–H groups in total. The lowest BCUT2D eigenvalue weighted by Gasteiger charge is -2.16. The summed E-state index contributed by atoms with van der Waals surface area (Å²) in [6.45, 7) is 5.04. The zero-order valence-corrected chi connectivity index (χ0v) is 17.5. The van der Waals surface area contributed by atoms with Gasteiger partial charge in [0.05, 0.1) is 18.3 Å². The number of anilines is 3. The van der Waals surface area contributed by atoms with E-state index in [-0.39, 0.29) is 24.5 Å². The summed E-state index contributed by atoms with van der Waals surface area (Å²) in [5.41, 5.74) is 2.93. The van der Waals surface area contributed by atoms with Gasteiger partial charge in [0.15, 0.2) is 0 Å². The van der Waals surface area contributed by atoms with E-state index in [9.17, 15) is 9.59 Å². The van der Waals surface area contributed by atoms with E-state index in [4.69, 9.17) is 9.47 Å². The fraction of sp³-hybridized carbons (Fsp3) is 0.391. The van der Waals surface area contributed by atoms with E-state index >= 15 is 0 Å². The van der Waals surface area contributed by atoms with E-state index in [0.717, 1.165) is 30.7 Å². The molecule has 0 spiro atoms. The molecule has 0 aromatic heterocycles. The van der Waals surface area contributed by atoms with Gasteiger partial charge in [-0.05, 0) is 49.6 Å². The molecule has 1 aliphatic heterocycles. The third-order valence-electron chi connectivity index (χ3n) is 4.98. The molecule has 0 aliphatic carbocycles. The Morgan fingerprint density at radius 2 is 1.73 bits per heavy atom. The summed E-state index contributed by atoms with van der Waals surface area (Å²) in [5, 5.41) is 8.87. The van der Waals surface area contributed by atoms with Gasteiger partial charge in [0.25, 0.3) is 0 Å². The van der Waals surface area contributed by atoms with Crippen LogP contribution in [0.1, 0.15) is 31.7 Å². The molecule has 0 bridgehead atoms. The Morgan fingerprint density at radius 1 is 1.03 bits per heavy atom. The van der Waals surface area contributed by atoms with Crippen LogP contribution in [0.5, 0.6) is 5.75 Å². The lowest BCUT2D eigenvalue weighted by molar-refractivity contribution is -0.116. The number of nitrogens with one attached hydrogen (secondary N) is 3. The second-order valence-corrected chi connectivity index (χ2v) is 7.22. The first-order valence-corrected chi connectivity index (χ1v) is 10.3. The van der Waals surface area contributed by atoms with Gasteiger partial charge in [-0.2, -0.15) is 0 Å². The molecule has 2 amide bonds. The molecule has 30 heavy (non-hydrogen) atoms. The molecule has 2 aromatic rings. The Bertz CT molecular complexity index is 879. The van der Waals surface area contributed by atoms with Crippen molar-refractivity contribution in [2.24, 2.45) is 0 Å². The molecule has 160 valence electrons. The number of carbonyl (C=O) groups excluding carboxylic acids is 2. The van der Waals surface area contributed by atoms with Gasteiger partial charge in [0, 0.05) is 24.4 Å². The first-order valence-electron chi connectivity index (χ1n) is 10.3. The maximum Gasteiger partial charge on any atom is 0.243 e. The third-order valence-corrected chi connectivity index (χ3v) is 4.98. The van der Waals surface area contributed by atoms with Crippen molar-refractivity contribution in [3.63, 3.8) is 0 Å². The van der Waals surface area contributed by atoms with Crippen LogP contribution in [0, 0.1) is 6.92 Å². The molecular formula is C23H29N3O4. The van der Waals surface area contributed by atoms with Gasteiger partial charge in [-0.1, -0.05) is 25.1 Å². The zero-order valence-electron chi connectivity index (χ0n) is 17.5. The topological polar surface area (TPSA) is 88.7 Å². The first-order chi connectivity index (χ1) is 14.6. The maximum atomic E-state index is 12.5. The fourth-order valence-corrected chi connectivity index (χ4v) is 3.21. The highest BCUT2D eigenvalue weighted by atomic mass is 16.5. The van der Waals surface area contributed by atoms with Gasteiger partial charge in [0.2, 0.25) is 11.8 Å². The summed E-state index contributed by atoms with van der Waals surface area (Å²) < 4.78 is 11.5. The molecule has 0 saturated carbocycles. The van der Waals surface area contributed by atoms with Crippen LogP contribution in [0.4, 0.5) is 17.1 Å². The van der Waals surface area contributed by atoms with Gasteiger partial charge < -0.3 is 25.4 Å². The quantitative estimate of drug-likeness (QED) is 0.581. The summed E-state index contributed by atoms with van der Waals surface area (Å²) in [6.07, 6.45) is 2.60. The van der Waals surface area contributed by atoms with Crippen LogP contribution in [-0.4, -0.2) is 37.7 Å². The predicted octanol–water partition coefficient (Wildman–Crippen LogP) is 3.95. The van der Waals surface area contributed by atoms with Crippen molar-refractivity contribution in [2.75, 3.05) is 35.7 Å². The molecule has 1 heterocycles. The number of ether oxygens (including phenoxy) is 2. The lowest BCUT2D eigenvalue weighted by Crippen LogP contribution is -2.23. The van der Waals surface area contributed by atoms with Crippen molar-refractivity contribution in [1.29, 1.82) is 0 Å². The predicted molar refractivity (Wildman–Crippen MR) is 118 cm³/mol. The van der Waals surface area contributed by atoms with Crippen LogP contribution in [0.25, 0.3) is 0 Å². The van der Waals surface area contributed by atoms with Crippen LogP contribution >= 0.6 is 0 Å². The van der Waals surface area contributed by atoms with Gasteiger partial charge in [0.1, 0.15) is 12.4 Å². The molecule has 1 saturated heterocycles. The highest BCUT2D eigenvalue weighted by Gasteiger charge is 2.17. The number of rotatable bonds is 9. The molecule has 2 aromatic carbocycles. The average molecular weight is 412 g/mol. The lowest BCUT2D eigenvalue weighted by atomic mass is 10.1. The summed E-state index contributed by atoms with van der Waals surface area (Å²) >= 11 is 0. The van der Waals surface area contributed by atoms with Crippen molar-refractivity contribution in [1.82, 2.24) is 0 Å². The molecule has 7 heteroatoms. The summed E-state index contributed by atoms with van der Waals surface area (Å²) in [4.78, 5) is 24.2. The van der Waals surface area contributed by atoms with E-state index in [1.807, 2.05) is 43.3 Å². The molecule has 0 radical (unpaired) electrons. The molecular weight excluding hydrogens is 382 g/mol. The number of hydrogen-bond acceptors (Lipinski definition) is 5. The minimum atomic E-state index is -0.189. The van der Waals surface area contributed by atoms with Crippen molar-refractivity contribution in [3.05, 3.63) is 48.0 Å². The minimum Gasteiger partial charge on any atom is -0.489 e. The monoisotopic (exact) mass is 411 g/mol. The van der Waals surface area contributed by atoms with Gasteiger partial charge in [-0.25, -0.2) is 0 Å². The Morgan fingerprint density at radius 3 is 2.43 bits per heavy atom. The number of para-hydroxylation sites is 2. The standard InChI is InChI=1S/C23H29N3O4/c1-3-22(27)25-18-10-6-11-19(16(18)2)26-23(28)14-24-20-9-4-5-12-21(20)30-15-17-8-7-13-29-17/h4-6,9-12,17,24H,3,7-8,13-15H2,1-2H3,(H,25,27)(H,26,28). The zero-order chi connectivity index (χ0) is 21.3. The number of amides is 2. The summed E-state index contributed by atoms with van der Waals surface area (Å²) in [5.74, 6) is 0.440. The Hall–Kier alpha value is -3.06. The molecule has 1 atom stereocenters. The molecule has 1 fully saturated rings. The van der Waals surface area contributed by atoms with Crippen LogP contribution in [0.15, 0.2) is 42.5 Å². The normalized spacial score (nSPS) is 15.5. The van der Waals surface area contributed by atoms with Crippen LogP contribution in [-0.2, 0) is 14.3 Å². The van der Waals surface area contributed by atoms with Gasteiger partial charge >= 0.3 is 0 Å². The van der Waals surface area contributed by atoms with Crippen molar-refractivity contribution in [3.8, 4) is 5.75 Å². The summed E-state index contributed by atoms with van der Waals surface area (Å²) in [6, 6.07) is 13.0. The van der Waals surface area contributed by atoms with Gasteiger partial charge in [-0.15, -0.1) is 0 Å². The Labute approximate surface area is 177 Å². The van der Waals surface area contributed by atoms with E-state index in [1.165, 1.54) is 0 Å². The maximum absolute atomic E-state index is 12.5. The van der Waals surface area contributed by atoms with Crippen molar-refractivity contribution < 1.29 is 19.1 Å². The minimum absolute atomic E-state index is 0.0668. The highest BCUT2D eigenvalue weighted by Crippen LogP contribution is 2.26. The van der Waals surface area contributed by atoms with Crippen LogP contribution in [0.3, 0.4) is 0 Å². The molecule has 1 aliphatic rings. The van der Waals surface area contributed by atoms with E-state index in [0.29, 0.717) is 30.2 Å². The largest absolute Gasteiger partial charge is 0.489 e. The Balaban J connectivity index is 1.56. The van der Waals surface area contributed by atoms with E-state index in [1.54, 1.807) is 13.0 Å². The second kappa shape index (κ2) is 10.6. The first kappa shape index (κ1) is 21.6. The second-order valence-electron chi connectivity index (χ2n) is 7.22. The number of benzene rings is 2. The summed E-state index contributed by atoms with van der Waals surface area (Å²) in [7, 11) is 0. The van der Waals surface area contributed by atoms with Crippen molar-refractivity contribution >= 4 is 28.9 Å². The van der Waals surface area contributed by atoms with Crippen molar-refractivity contribution in [2.45, 2.75) is 39.2 Å². The highest BCUT2D eigenvalue weighted by molar-refractivity contribution is 5.97. The van der Waals surface area contributed by atoms with E-state index in [2.05, 4.69) is 16.0 Å². The van der Waals surface area contributed by atoms with Crippen LogP contribution in [0.2, 0.25) is 0 Å². The number of carbonyl (C=O) groups is 2. The van der Waals surface area contributed by atoms with Gasteiger partial charge in [-0.3, -0.25) is 9.59 Å². The average Bonchev–Trinajstić information content (AvgIpc) is 3.27. The molecule has 3 rings (SSSR count). The number of hydrogen-bond donors (Lipinski definition) is 3. The SMILES string of the molecule is CCC(=O)Nc1cccc(NC(=O)CNc2ccccc2OCC2CCCO2)c1C. The third kappa shape index (κ3) is 5.97.